The van der Waals surface area contributed by atoms with Gasteiger partial charge in [-0.2, -0.15) is 0 Å². The summed E-state index contributed by atoms with van der Waals surface area (Å²) in [4.78, 5) is 52.6. The highest BCUT2D eigenvalue weighted by molar-refractivity contribution is 7.47. The zero-order valence-corrected chi connectivity index (χ0v) is 37.9. The molecule has 0 aromatic rings. The van der Waals surface area contributed by atoms with Gasteiger partial charge in [-0.15, -0.1) is 0 Å². The largest absolute Gasteiger partial charge is 0.472 e. The molecule has 1 unspecified atom stereocenters. The fourth-order valence-electron chi connectivity index (χ4n) is 5.28. The van der Waals surface area contributed by atoms with E-state index in [4.69, 9.17) is 23.8 Å². The van der Waals surface area contributed by atoms with Gasteiger partial charge >= 0.3 is 27.6 Å². The summed E-state index contributed by atoms with van der Waals surface area (Å²) in [5, 5.41) is 19.8. The number of unbranched alkanes of at least 4 members (excludes halogenated alkanes) is 12. The lowest BCUT2D eigenvalue weighted by Crippen LogP contribution is -2.30. The van der Waals surface area contributed by atoms with Gasteiger partial charge in [0, 0.05) is 12.8 Å². The highest BCUT2D eigenvalue weighted by Gasteiger charge is 2.28. The monoisotopic (exact) mass is 890 g/mol. The standard InChI is InChI=1S/C44H76O14P2/c1-3-5-7-9-11-12-13-14-15-16-17-18-23-27-31-35-44(48)58-42(39-57-60(52,53)56-37-41(46)36-55-59(49,50)51)38-54-43(47)34-30-26-22-20-19-21-25-29-33-40(45)32-28-24-10-8-6-4-2/h11-12,14-15,20-22,24-25,28-29,33,40-42,45-46H,3-10,13,16-19,23,26-27,30-32,34-39H2,1-2H3,(H,52,53)(H2,49,50,51)/b12-11-,15-14-,22-20-,25-21-,28-24-,33-29+/t40-,41+,42-/m1/s1. The smallest absolute Gasteiger partial charge is 0.462 e. The maximum atomic E-state index is 12.6. The molecule has 0 rings (SSSR count). The molecule has 346 valence electrons. The van der Waals surface area contributed by atoms with Crippen molar-refractivity contribution in [1.29, 1.82) is 0 Å². The number of carbonyl (C=O) groups is 2. The molecule has 0 aliphatic heterocycles. The first kappa shape index (κ1) is 57.5. The van der Waals surface area contributed by atoms with E-state index < -0.39 is 72.3 Å². The normalized spacial score (nSPS) is 15.2. The second-order valence-electron chi connectivity index (χ2n) is 14.5. The molecule has 0 aliphatic rings. The number of allylic oxidation sites excluding steroid dienone is 10. The van der Waals surface area contributed by atoms with Crippen LogP contribution in [-0.2, 0) is 41.8 Å². The summed E-state index contributed by atoms with van der Waals surface area (Å²) in [6.07, 6.45) is 39.2. The van der Waals surface area contributed by atoms with Crippen molar-refractivity contribution in [3.63, 3.8) is 0 Å². The second kappa shape index (κ2) is 39.4. The number of esters is 2. The van der Waals surface area contributed by atoms with E-state index in [1.54, 1.807) is 6.08 Å². The van der Waals surface area contributed by atoms with E-state index in [0.29, 0.717) is 32.1 Å². The van der Waals surface area contributed by atoms with Crippen LogP contribution >= 0.6 is 15.6 Å². The van der Waals surface area contributed by atoms with Gasteiger partial charge < -0.3 is 34.4 Å². The van der Waals surface area contributed by atoms with Crippen LogP contribution in [0.25, 0.3) is 0 Å². The van der Waals surface area contributed by atoms with E-state index in [9.17, 15) is 33.8 Å². The van der Waals surface area contributed by atoms with Crippen molar-refractivity contribution in [1.82, 2.24) is 0 Å². The minimum absolute atomic E-state index is 0.0809. The van der Waals surface area contributed by atoms with Crippen molar-refractivity contribution in [3.05, 3.63) is 72.9 Å². The summed E-state index contributed by atoms with van der Waals surface area (Å²) in [7, 11) is -9.72. The van der Waals surface area contributed by atoms with Gasteiger partial charge in [-0.05, 0) is 77.0 Å². The molecule has 0 aromatic heterocycles. The molecule has 14 nitrogen and oxygen atoms in total. The van der Waals surface area contributed by atoms with Gasteiger partial charge in [0.05, 0.1) is 25.9 Å². The zero-order valence-electron chi connectivity index (χ0n) is 36.1. The Bertz CT molecular complexity index is 1350. The molecule has 5 N–H and O–H groups in total. The van der Waals surface area contributed by atoms with Gasteiger partial charge in [-0.25, -0.2) is 9.13 Å². The molecule has 0 aliphatic carbocycles. The second-order valence-corrected chi connectivity index (χ2v) is 17.2. The quantitative estimate of drug-likeness (QED) is 0.0127. The number of rotatable bonds is 40. The molecule has 4 atom stereocenters. The molecule has 0 saturated carbocycles. The van der Waals surface area contributed by atoms with E-state index in [2.05, 4.69) is 53.3 Å². The summed E-state index contributed by atoms with van der Waals surface area (Å²) >= 11 is 0. The molecule has 0 saturated heterocycles. The molecule has 0 spiro atoms. The number of carbonyl (C=O) groups excluding carboxylic acids is 2. The lowest BCUT2D eigenvalue weighted by molar-refractivity contribution is -0.161. The third-order valence-corrected chi connectivity index (χ3v) is 10.1. The van der Waals surface area contributed by atoms with Gasteiger partial charge in [0.15, 0.2) is 6.10 Å². The Hall–Kier alpha value is -2.48. The molecular weight excluding hydrogens is 814 g/mol. The van der Waals surface area contributed by atoms with Crippen LogP contribution in [0.2, 0.25) is 0 Å². The zero-order chi connectivity index (χ0) is 44.6. The van der Waals surface area contributed by atoms with Gasteiger partial charge in [0.25, 0.3) is 0 Å². The lowest BCUT2D eigenvalue weighted by atomic mass is 10.1. The Balaban J connectivity index is 4.71. The van der Waals surface area contributed by atoms with Crippen molar-refractivity contribution < 1.29 is 66.7 Å². The number of hydrogen-bond donors (Lipinski definition) is 5. The molecule has 0 amide bonds. The minimum Gasteiger partial charge on any atom is -0.462 e. The van der Waals surface area contributed by atoms with Crippen LogP contribution in [0.1, 0.15) is 149 Å². The first-order chi connectivity index (χ1) is 28.8. The molecular formula is C44H76O14P2. The fraction of sp³-hybridized carbons (Fsp3) is 0.682. The first-order valence-electron chi connectivity index (χ1n) is 21.7. The maximum Gasteiger partial charge on any atom is 0.472 e. The highest BCUT2D eigenvalue weighted by atomic mass is 31.2. The first-order valence-corrected chi connectivity index (χ1v) is 24.8. The summed E-state index contributed by atoms with van der Waals surface area (Å²) in [5.41, 5.74) is 0. The Morgan fingerprint density at radius 3 is 1.70 bits per heavy atom. The van der Waals surface area contributed by atoms with Crippen molar-refractivity contribution in [3.8, 4) is 0 Å². The van der Waals surface area contributed by atoms with Gasteiger partial charge in [0.1, 0.15) is 12.7 Å². The average Bonchev–Trinajstić information content (AvgIpc) is 3.20. The average molecular weight is 891 g/mol. The summed E-state index contributed by atoms with van der Waals surface area (Å²) in [6.45, 7) is 1.52. The van der Waals surface area contributed by atoms with Crippen LogP contribution in [0, 0.1) is 0 Å². The summed E-state index contributed by atoms with van der Waals surface area (Å²) < 4.78 is 47.6. The van der Waals surface area contributed by atoms with E-state index >= 15 is 0 Å². The molecule has 0 aromatic carbocycles. The van der Waals surface area contributed by atoms with Crippen LogP contribution in [0.4, 0.5) is 0 Å². The number of ether oxygens (including phenoxy) is 2. The SMILES string of the molecule is CCCCC/C=C\C/C=C\CCCCCCCC(=O)O[C@H](COC(=O)CCC/C=C\C/C=C\C=C\[C@H](O)C/C=C\CCCCC)COP(=O)(O)OC[C@@H](O)COP(=O)(O)O. The number of phosphoric acid groups is 2. The maximum absolute atomic E-state index is 12.6. The van der Waals surface area contributed by atoms with Crippen LogP contribution in [0.5, 0.6) is 0 Å². The van der Waals surface area contributed by atoms with Crippen molar-refractivity contribution >= 4 is 27.6 Å². The van der Waals surface area contributed by atoms with Crippen LogP contribution in [-0.4, -0.2) is 81.6 Å². The Labute approximate surface area is 359 Å². The molecule has 0 radical (unpaired) electrons. The fourth-order valence-corrected chi connectivity index (χ4v) is 6.43. The predicted molar refractivity (Wildman–Crippen MR) is 236 cm³/mol. The van der Waals surface area contributed by atoms with E-state index in [0.717, 1.165) is 51.4 Å². The van der Waals surface area contributed by atoms with Crippen molar-refractivity contribution in [2.24, 2.45) is 0 Å². The van der Waals surface area contributed by atoms with E-state index in [1.807, 2.05) is 36.5 Å². The molecule has 0 bridgehead atoms. The van der Waals surface area contributed by atoms with Crippen LogP contribution in [0.15, 0.2) is 72.9 Å². The molecule has 0 fully saturated rings. The molecule has 16 heteroatoms. The van der Waals surface area contributed by atoms with E-state index in [1.165, 1.54) is 38.5 Å². The van der Waals surface area contributed by atoms with Crippen molar-refractivity contribution in [2.45, 2.75) is 167 Å². The number of aliphatic hydroxyl groups excluding tert-OH is 2. The van der Waals surface area contributed by atoms with Gasteiger partial charge in [0.2, 0.25) is 0 Å². The van der Waals surface area contributed by atoms with Crippen LogP contribution in [0.3, 0.4) is 0 Å². The predicted octanol–water partition coefficient (Wildman–Crippen LogP) is 9.98. The Morgan fingerprint density at radius 2 is 1.07 bits per heavy atom. The third kappa shape index (κ3) is 42.2. The summed E-state index contributed by atoms with van der Waals surface area (Å²) in [5.74, 6) is -1.16. The van der Waals surface area contributed by atoms with Gasteiger partial charge in [-0.3, -0.25) is 23.2 Å². The number of aliphatic hydroxyl groups is 2. The molecule has 0 heterocycles. The van der Waals surface area contributed by atoms with Crippen LogP contribution < -0.4 is 0 Å². The Kier molecular flexibility index (Phi) is 37.7. The minimum atomic E-state index is -4.88. The van der Waals surface area contributed by atoms with Gasteiger partial charge in [-0.1, -0.05) is 132 Å². The van der Waals surface area contributed by atoms with E-state index in [-0.39, 0.29) is 12.8 Å². The highest BCUT2D eigenvalue weighted by Crippen LogP contribution is 2.43. The molecule has 60 heavy (non-hydrogen) atoms. The van der Waals surface area contributed by atoms with Crippen molar-refractivity contribution in [2.75, 3.05) is 26.4 Å². The number of hydrogen-bond acceptors (Lipinski definition) is 11. The number of phosphoric ester groups is 2. The lowest BCUT2D eigenvalue weighted by Gasteiger charge is -2.20. The topological polar surface area (TPSA) is 216 Å². The Morgan fingerprint density at radius 1 is 0.550 bits per heavy atom. The summed E-state index contributed by atoms with van der Waals surface area (Å²) in [6, 6.07) is 0. The third-order valence-electron chi connectivity index (χ3n) is 8.64.